The number of aliphatic hydroxyl groups is 2. The second kappa shape index (κ2) is 13.5. The van der Waals surface area contributed by atoms with Crippen LogP contribution in [0.1, 0.15) is 71.6 Å². The van der Waals surface area contributed by atoms with Crippen LogP contribution in [0, 0.1) is 23.7 Å². The van der Waals surface area contributed by atoms with Gasteiger partial charge in [0.2, 0.25) is 0 Å². The normalized spacial score (nSPS) is 12.8. The van der Waals surface area contributed by atoms with Gasteiger partial charge in [-0.3, -0.25) is 0 Å². The van der Waals surface area contributed by atoms with Crippen molar-refractivity contribution in [3.05, 3.63) is 0 Å². The SMILES string of the molecule is CCCCCCCCCC(O)C#CC#CC(O)CC. The lowest BCUT2D eigenvalue weighted by molar-refractivity contribution is 0.217. The third-order valence-electron chi connectivity index (χ3n) is 3.01. The summed E-state index contributed by atoms with van der Waals surface area (Å²) in [5.41, 5.74) is 0. The molecule has 2 heteroatoms. The fraction of sp³-hybridized carbons (Fsp3) is 0.765. The van der Waals surface area contributed by atoms with E-state index in [1.165, 1.54) is 38.5 Å². The lowest BCUT2D eigenvalue weighted by Gasteiger charge is -2.03. The lowest BCUT2D eigenvalue weighted by Crippen LogP contribution is -2.02. The lowest BCUT2D eigenvalue weighted by atomic mass is 10.1. The summed E-state index contributed by atoms with van der Waals surface area (Å²) in [6, 6.07) is 0. The molecule has 0 spiro atoms. The van der Waals surface area contributed by atoms with E-state index in [1.54, 1.807) is 0 Å². The molecule has 0 aliphatic rings. The van der Waals surface area contributed by atoms with Crippen molar-refractivity contribution in [2.45, 2.75) is 83.8 Å². The average molecular weight is 264 g/mol. The van der Waals surface area contributed by atoms with Gasteiger partial charge < -0.3 is 10.2 Å². The van der Waals surface area contributed by atoms with Gasteiger partial charge >= 0.3 is 0 Å². The van der Waals surface area contributed by atoms with Crippen molar-refractivity contribution >= 4 is 0 Å². The van der Waals surface area contributed by atoms with Crippen LogP contribution in [-0.2, 0) is 0 Å². The maximum Gasteiger partial charge on any atom is 0.115 e. The summed E-state index contributed by atoms with van der Waals surface area (Å²) in [5.74, 6) is 10.5. The second-order valence-corrected chi connectivity index (χ2v) is 4.89. The van der Waals surface area contributed by atoms with Crippen LogP contribution in [0.2, 0.25) is 0 Å². The summed E-state index contributed by atoms with van der Waals surface area (Å²) in [6.07, 6.45) is 8.83. The molecule has 0 heterocycles. The fourth-order valence-electron chi connectivity index (χ4n) is 1.71. The van der Waals surface area contributed by atoms with Crippen molar-refractivity contribution in [3.63, 3.8) is 0 Å². The Hall–Kier alpha value is -0.960. The quantitative estimate of drug-likeness (QED) is 0.495. The molecule has 0 aliphatic carbocycles. The first kappa shape index (κ1) is 18.0. The molecule has 2 N–H and O–H groups in total. The Kier molecular flexibility index (Phi) is 12.8. The number of hydrogen-bond donors (Lipinski definition) is 2. The topological polar surface area (TPSA) is 40.5 Å². The molecule has 19 heavy (non-hydrogen) atoms. The highest BCUT2D eigenvalue weighted by molar-refractivity contribution is 5.28. The van der Waals surface area contributed by atoms with Crippen molar-refractivity contribution in [1.82, 2.24) is 0 Å². The first-order valence-electron chi connectivity index (χ1n) is 7.57. The molecule has 0 radical (unpaired) electrons. The first-order valence-corrected chi connectivity index (χ1v) is 7.57. The Bertz CT molecular complexity index is 314. The van der Waals surface area contributed by atoms with Gasteiger partial charge in [-0.25, -0.2) is 0 Å². The molecule has 0 saturated carbocycles. The monoisotopic (exact) mass is 264 g/mol. The molecule has 0 bridgehead atoms. The summed E-state index contributed by atoms with van der Waals surface area (Å²) in [7, 11) is 0. The number of rotatable bonds is 9. The molecule has 2 atom stereocenters. The molecule has 0 aromatic carbocycles. The van der Waals surface area contributed by atoms with Crippen LogP contribution >= 0.6 is 0 Å². The summed E-state index contributed by atoms with van der Waals surface area (Å²) >= 11 is 0. The Morgan fingerprint density at radius 2 is 1.26 bits per heavy atom. The summed E-state index contributed by atoms with van der Waals surface area (Å²) in [5, 5.41) is 18.8. The van der Waals surface area contributed by atoms with Gasteiger partial charge in [0, 0.05) is 0 Å². The van der Waals surface area contributed by atoms with Gasteiger partial charge in [-0.1, -0.05) is 64.2 Å². The third-order valence-corrected chi connectivity index (χ3v) is 3.01. The maximum atomic E-state index is 9.61. The van der Waals surface area contributed by atoms with E-state index < -0.39 is 12.2 Å². The van der Waals surface area contributed by atoms with E-state index >= 15 is 0 Å². The Morgan fingerprint density at radius 1 is 0.737 bits per heavy atom. The molecule has 0 aromatic rings. The molecule has 0 amide bonds. The number of aliphatic hydroxyl groups excluding tert-OH is 2. The Balaban J connectivity index is 3.56. The van der Waals surface area contributed by atoms with E-state index in [9.17, 15) is 10.2 Å². The zero-order valence-electron chi connectivity index (χ0n) is 12.4. The minimum Gasteiger partial charge on any atom is -0.380 e. The Labute approximate surface area is 118 Å². The van der Waals surface area contributed by atoms with Crippen LogP contribution < -0.4 is 0 Å². The highest BCUT2D eigenvalue weighted by Crippen LogP contribution is 2.09. The van der Waals surface area contributed by atoms with Crippen molar-refractivity contribution < 1.29 is 10.2 Å². The summed E-state index contributed by atoms with van der Waals surface area (Å²) < 4.78 is 0. The summed E-state index contributed by atoms with van der Waals surface area (Å²) in [4.78, 5) is 0. The van der Waals surface area contributed by atoms with E-state index in [4.69, 9.17) is 0 Å². The van der Waals surface area contributed by atoms with Gasteiger partial charge in [-0.05, 0) is 31.1 Å². The molecule has 0 saturated heterocycles. The highest BCUT2D eigenvalue weighted by Gasteiger charge is 1.98. The van der Waals surface area contributed by atoms with Crippen LogP contribution in [-0.4, -0.2) is 22.4 Å². The average Bonchev–Trinajstić information content (AvgIpc) is 2.42. The van der Waals surface area contributed by atoms with Gasteiger partial charge in [0.05, 0.1) is 0 Å². The standard InChI is InChI=1S/C17H28O2/c1-3-5-6-7-8-9-10-14-17(19)15-12-11-13-16(18)4-2/h16-19H,3-10,14H2,1-2H3. The summed E-state index contributed by atoms with van der Waals surface area (Å²) in [6.45, 7) is 4.08. The van der Waals surface area contributed by atoms with Crippen LogP contribution in [0.5, 0.6) is 0 Å². The minimum absolute atomic E-state index is 0.580. The highest BCUT2D eigenvalue weighted by atomic mass is 16.3. The van der Waals surface area contributed by atoms with Gasteiger partial charge in [0.1, 0.15) is 12.2 Å². The van der Waals surface area contributed by atoms with Gasteiger partial charge in [-0.2, -0.15) is 0 Å². The minimum atomic E-state index is -0.602. The predicted molar refractivity (Wildman–Crippen MR) is 80.5 cm³/mol. The van der Waals surface area contributed by atoms with Crippen LogP contribution in [0.25, 0.3) is 0 Å². The van der Waals surface area contributed by atoms with E-state index in [2.05, 4.69) is 30.6 Å². The molecule has 108 valence electrons. The van der Waals surface area contributed by atoms with Crippen molar-refractivity contribution in [2.24, 2.45) is 0 Å². The molecule has 0 aromatic heterocycles. The molecule has 0 aliphatic heterocycles. The van der Waals surface area contributed by atoms with Gasteiger partial charge in [-0.15, -0.1) is 0 Å². The van der Waals surface area contributed by atoms with Gasteiger partial charge in [0.15, 0.2) is 0 Å². The molecule has 0 fully saturated rings. The van der Waals surface area contributed by atoms with Crippen molar-refractivity contribution in [3.8, 4) is 23.7 Å². The third kappa shape index (κ3) is 13.3. The smallest absolute Gasteiger partial charge is 0.115 e. The van der Waals surface area contributed by atoms with E-state index in [-0.39, 0.29) is 0 Å². The number of unbranched alkanes of at least 4 members (excludes halogenated alkanes) is 6. The van der Waals surface area contributed by atoms with Crippen LogP contribution in [0.15, 0.2) is 0 Å². The molecule has 2 unspecified atom stereocenters. The molecular weight excluding hydrogens is 236 g/mol. The largest absolute Gasteiger partial charge is 0.380 e. The molecular formula is C17H28O2. The van der Waals surface area contributed by atoms with Crippen molar-refractivity contribution in [2.75, 3.05) is 0 Å². The second-order valence-electron chi connectivity index (χ2n) is 4.89. The number of hydrogen-bond acceptors (Lipinski definition) is 2. The fourth-order valence-corrected chi connectivity index (χ4v) is 1.71. The van der Waals surface area contributed by atoms with Crippen LogP contribution in [0.4, 0.5) is 0 Å². The molecule has 2 nitrogen and oxygen atoms in total. The van der Waals surface area contributed by atoms with Crippen molar-refractivity contribution in [1.29, 1.82) is 0 Å². The zero-order valence-corrected chi connectivity index (χ0v) is 12.4. The maximum absolute atomic E-state index is 9.61. The van der Waals surface area contributed by atoms with Crippen LogP contribution in [0.3, 0.4) is 0 Å². The Morgan fingerprint density at radius 3 is 1.84 bits per heavy atom. The zero-order chi connectivity index (χ0) is 14.3. The predicted octanol–water partition coefficient (Wildman–Crippen LogP) is 3.27. The van der Waals surface area contributed by atoms with Gasteiger partial charge in [0.25, 0.3) is 0 Å². The van der Waals surface area contributed by atoms with E-state index in [0.29, 0.717) is 6.42 Å². The molecule has 0 rings (SSSR count). The van der Waals surface area contributed by atoms with E-state index in [0.717, 1.165) is 12.8 Å². The first-order chi connectivity index (χ1) is 9.20. The van der Waals surface area contributed by atoms with E-state index in [1.807, 2.05) is 6.92 Å².